The Morgan fingerprint density at radius 1 is 1.25 bits per heavy atom. The quantitative estimate of drug-likeness (QED) is 0.740. The summed E-state index contributed by atoms with van der Waals surface area (Å²) in [7, 11) is 0. The summed E-state index contributed by atoms with van der Waals surface area (Å²) in [5.74, 6) is 1.38. The lowest BCUT2D eigenvalue weighted by Crippen LogP contribution is -2.07. The van der Waals surface area contributed by atoms with E-state index in [9.17, 15) is 0 Å². The summed E-state index contributed by atoms with van der Waals surface area (Å²) in [6.45, 7) is 4.97. The predicted octanol–water partition coefficient (Wildman–Crippen LogP) is 2.58. The van der Waals surface area contributed by atoms with Gasteiger partial charge in [-0.1, -0.05) is 13.8 Å². The fourth-order valence-corrected chi connectivity index (χ4v) is 2.35. The van der Waals surface area contributed by atoms with Crippen molar-refractivity contribution in [3.63, 3.8) is 0 Å². The molecule has 0 spiro atoms. The number of aromatic nitrogens is 4. The molecule has 2 heterocycles. The Bertz CT molecular complexity index is 731. The van der Waals surface area contributed by atoms with Crippen molar-refractivity contribution in [3.05, 3.63) is 48.3 Å². The predicted molar refractivity (Wildman–Crippen MR) is 79.4 cm³/mol. The molecular weight excluding hydrogens is 250 g/mol. The van der Waals surface area contributed by atoms with Crippen molar-refractivity contribution in [2.45, 2.75) is 26.3 Å². The third kappa shape index (κ3) is 2.22. The summed E-state index contributed by atoms with van der Waals surface area (Å²) in [5.41, 5.74) is 9.57. The van der Waals surface area contributed by atoms with E-state index in [1.165, 1.54) is 0 Å². The third-order valence-electron chi connectivity index (χ3n) is 3.28. The van der Waals surface area contributed by atoms with Gasteiger partial charge in [0.25, 0.3) is 0 Å². The van der Waals surface area contributed by atoms with Gasteiger partial charge in [-0.2, -0.15) is 0 Å². The zero-order valence-corrected chi connectivity index (χ0v) is 11.6. The molecule has 20 heavy (non-hydrogen) atoms. The van der Waals surface area contributed by atoms with Gasteiger partial charge >= 0.3 is 0 Å². The standard InChI is InChI=1S/C15H17N5/c1-10(2)15-19-13-7-11(16)3-4-14(13)20(15)8-12-5-6-17-9-18-12/h3-7,9-10H,8,16H2,1-2H3. The van der Waals surface area contributed by atoms with Crippen LogP contribution in [0.1, 0.15) is 31.3 Å². The van der Waals surface area contributed by atoms with Gasteiger partial charge in [-0.25, -0.2) is 15.0 Å². The minimum Gasteiger partial charge on any atom is -0.399 e. The van der Waals surface area contributed by atoms with Crippen molar-refractivity contribution in [2.24, 2.45) is 0 Å². The summed E-state index contributed by atoms with van der Waals surface area (Å²) in [4.78, 5) is 13.0. The molecule has 2 N–H and O–H groups in total. The molecule has 0 fully saturated rings. The van der Waals surface area contributed by atoms with Crippen LogP contribution in [0.2, 0.25) is 0 Å². The number of rotatable bonds is 3. The normalized spacial score (nSPS) is 11.3. The molecule has 0 amide bonds. The van der Waals surface area contributed by atoms with Gasteiger partial charge in [0.1, 0.15) is 12.2 Å². The van der Waals surface area contributed by atoms with E-state index >= 15 is 0 Å². The van der Waals surface area contributed by atoms with Gasteiger partial charge < -0.3 is 10.3 Å². The van der Waals surface area contributed by atoms with Crippen LogP contribution >= 0.6 is 0 Å². The van der Waals surface area contributed by atoms with Gasteiger partial charge in [-0.05, 0) is 24.3 Å². The average Bonchev–Trinajstić information content (AvgIpc) is 2.78. The second-order valence-corrected chi connectivity index (χ2v) is 5.16. The highest BCUT2D eigenvalue weighted by molar-refractivity contribution is 5.79. The summed E-state index contributed by atoms with van der Waals surface area (Å²) in [6, 6.07) is 7.76. The van der Waals surface area contributed by atoms with Crippen molar-refractivity contribution >= 4 is 16.7 Å². The lowest BCUT2D eigenvalue weighted by atomic mass is 10.2. The first-order chi connectivity index (χ1) is 9.65. The molecule has 102 valence electrons. The van der Waals surface area contributed by atoms with E-state index in [0.29, 0.717) is 12.5 Å². The van der Waals surface area contributed by atoms with E-state index in [4.69, 9.17) is 10.7 Å². The molecule has 3 aromatic rings. The van der Waals surface area contributed by atoms with Crippen molar-refractivity contribution < 1.29 is 0 Å². The molecule has 0 unspecified atom stereocenters. The number of nitrogen functional groups attached to an aromatic ring is 1. The third-order valence-corrected chi connectivity index (χ3v) is 3.28. The van der Waals surface area contributed by atoms with Crippen LogP contribution in [0.15, 0.2) is 36.8 Å². The topological polar surface area (TPSA) is 69.6 Å². The lowest BCUT2D eigenvalue weighted by Gasteiger charge is -2.10. The monoisotopic (exact) mass is 267 g/mol. The van der Waals surface area contributed by atoms with Crippen LogP contribution in [-0.4, -0.2) is 19.5 Å². The molecule has 0 saturated heterocycles. The number of hydrogen-bond donors (Lipinski definition) is 1. The van der Waals surface area contributed by atoms with E-state index < -0.39 is 0 Å². The SMILES string of the molecule is CC(C)c1nc2cc(N)ccc2n1Cc1ccncn1. The number of hydrogen-bond acceptors (Lipinski definition) is 4. The highest BCUT2D eigenvalue weighted by atomic mass is 15.1. The summed E-state index contributed by atoms with van der Waals surface area (Å²) in [5, 5.41) is 0. The summed E-state index contributed by atoms with van der Waals surface area (Å²) in [6.07, 6.45) is 3.33. The van der Waals surface area contributed by atoms with Gasteiger partial charge in [-0.3, -0.25) is 0 Å². The van der Waals surface area contributed by atoms with Crippen LogP contribution in [0, 0.1) is 0 Å². The lowest BCUT2D eigenvalue weighted by molar-refractivity contribution is 0.673. The number of benzene rings is 1. The first-order valence-corrected chi connectivity index (χ1v) is 6.65. The fraction of sp³-hybridized carbons (Fsp3) is 0.267. The van der Waals surface area contributed by atoms with Crippen LogP contribution < -0.4 is 5.73 Å². The van der Waals surface area contributed by atoms with E-state index in [1.807, 2.05) is 24.3 Å². The molecule has 0 radical (unpaired) electrons. The van der Waals surface area contributed by atoms with Crippen molar-refractivity contribution in [2.75, 3.05) is 5.73 Å². The maximum atomic E-state index is 5.84. The van der Waals surface area contributed by atoms with Crippen molar-refractivity contribution in [1.29, 1.82) is 0 Å². The van der Waals surface area contributed by atoms with E-state index in [1.54, 1.807) is 12.5 Å². The highest BCUT2D eigenvalue weighted by Crippen LogP contribution is 2.24. The zero-order chi connectivity index (χ0) is 14.1. The maximum Gasteiger partial charge on any atom is 0.115 e. The van der Waals surface area contributed by atoms with E-state index in [2.05, 4.69) is 28.4 Å². The molecule has 5 nitrogen and oxygen atoms in total. The zero-order valence-electron chi connectivity index (χ0n) is 11.6. The Morgan fingerprint density at radius 3 is 2.80 bits per heavy atom. The molecule has 0 aliphatic heterocycles. The second kappa shape index (κ2) is 4.92. The fourth-order valence-electron chi connectivity index (χ4n) is 2.35. The largest absolute Gasteiger partial charge is 0.399 e. The van der Waals surface area contributed by atoms with Crippen LogP contribution in [0.25, 0.3) is 11.0 Å². The van der Waals surface area contributed by atoms with Crippen LogP contribution in [0.4, 0.5) is 5.69 Å². The number of imidazole rings is 1. The Kier molecular flexibility index (Phi) is 3.10. The maximum absolute atomic E-state index is 5.84. The van der Waals surface area contributed by atoms with Crippen LogP contribution in [-0.2, 0) is 6.54 Å². The summed E-state index contributed by atoms with van der Waals surface area (Å²) < 4.78 is 2.20. The number of nitrogens with zero attached hydrogens (tertiary/aromatic N) is 4. The molecular formula is C15H17N5. The Balaban J connectivity index is 2.14. The molecule has 0 aliphatic carbocycles. The molecule has 3 rings (SSSR count). The Morgan fingerprint density at radius 2 is 2.10 bits per heavy atom. The van der Waals surface area contributed by atoms with Gasteiger partial charge in [0.15, 0.2) is 0 Å². The van der Waals surface area contributed by atoms with E-state index in [0.717, 1.165) is 28.2 Å². The molecule has 0 atom stereocenters. The Labute approximate surface area is 117 Å². The molecule has 0 aliphatic rings. The first-order valence-electron chi connectivity index (χ1n) is 6.65. The minimum absolute atomic E-state index is 0.338. The molecule has 1 aromatic carbocycles. The Hall–Kier alpha value is -2.43. The van der Waals surface area contributed by atoms with Crippen LogP contribution in [0.3, 0.4) is 0 Å². The van der Waals surface area contributed by atoms with E-state index in [-0.39, 0.29) is 0 Å². The second-order valence-electron chi connectivity index (χ2n) is 5.16. The van der Waals surface area contributed by atoms with Crippen molar-refractivity contribution in [1.82, 2.24) is 19.5 Å². The number of nitrogens with two attached hydrogens (primary N) is 1. The highest BCUT2D eigenvalue weighted by Gasteiger charge is 2.14. The smallest absolute Gasteiger partial charge is 0.115 e. The molecule has 2 aromatic heterocycles. The molecule has 5 heteroatoms. The van der Waals surface area contributed by atoms with Crippen LogP contribution in [0.5, 0.6) is 0 Å². The van der Waals surface area contributed by atoms with Gasteiger partial charge in [0, 0.05) is 17.8 Å². The van der Waals surface area contributed by atoms with Gasteiger partial charge in [-0.15, -0.1) is 0 Å². The molecule has 0 saturated carbocycles. The first kappa shape index (κ1) is 12.6. The van der Waals surface area contributed by atoms with Gasteiger partial charge in [0.05, 0.1) is 23.3 Å². The number of fused-ring (bicyclic) bond motifs is 1. The molecule has 0 bridgehead atoms. The minimum atomic E-state index is 0.338. The number of anilines is 1. The van der Waals surface area contributed by atoms with Gasteiger partial charge in [0.2, 0.25) is 0 Å². The average molecular weight is 267 g/mol. The van der Waals surface area contributed by atoms with Crippen molar-refractivity contribution in [3.8, 4) is 0 Å². The summed E-state index contributed by atoms with van der Waals surface area (Å²) >= 11 is 0.